The fraction of sp³-hybridized carbons (Fsp3) is 0.250. The van der Waals surface area contributed by atoms with Gasteiger partial charge in [-0.3, -0.25) is 5.73 Å². The predicted molar refractivity (Wildman–Crippen MR) is 123 cm³/mol. The SMILES string of the molecule is CC(N)(O)N(c1ccccc1)S(=O)(=O)CC(Cc1ccc(F)cc1)c1ccc(OC(F)F)cc1. The smallest absolute Gasteiger partial charge is 0.387 e. The average molecular weight is 495 g/mol. The van der Waals surface area contributed by atoms with Gasteiger partial charge in [0.2, 0.25) is 15.9 Å². The van der Waals surface area contributed by atoms with Gasteiger partial charge in [0.15, 0.2) is 0 Å². The third kappa shape index (κ3) is 6.72. The van der Waals surface area contributed by atoms with Crippen molar-refractivity contribution < 1.29 is 31.4 Å². The molecule has 34 heavy (non-hydrogen) atoms. The second-order valence-corrected chi connectivity index (χ2v) is 9.81. The highest BCUT2D eigenvalue weighted by Crippen LogP contribution is 2.30. The number of para-hydroxylation sites is 1. The molecule has 0 spiro atoms. The van der Waals surface area contributed by atoms with Crippen LogP contribution in [-0.4, -0.2) is 31.7 Å². The minimum absolute atomic E-state index is 0.0713. The summed E-state index contributed by atoms with van der Waals surface area (Å²) in [6.45, 7) is -1.84. The number of nitrogens with zero attached hydrogens (tertiary/aromatic N) is 1. The minimum atomic E-state index is -4.20. The maximum absolute atomic E-state index is 13.5. The zero-order valence-electron chi connectivity index (χ0n) is 18.3. The average Bonchev–Trinajstić information content (AvgIpc) is 2.74. The van der Waals surface area contributed by atoms with E-state index < -0.39 is 40.0 Å². The van der Waals surface area contributed by atoms with E-state index in [1.54, 1.807) is 18.2 Å². The van der Waals surface area contributed by atoms with Crippen LogP contribution in [0.2, 0.25) is 0 Å². The molecule has 0 bridgehead atoms. The monoisotopic (exact) mass is 494 g/mol. The third-order valence-corrected chi connectivity index (χ3v) is 7.02. The van der Waals surface area contributed by atoms with Crippen LogP contribution in [0.15, 0.2) is 78.9 Å². The van der Waals surface area contributed by atoms with Gasteiger partial charge >= 0.3 is 6.61 Å². The molecule has 0 radical (unpaired) electrons. The number of ether oxygens (including phenoxy) is 1. The number of halogens is 3. The molecule has 0 aliphatic carbocycles. The van der Waals surface area contributed by atoms with Crippen LogP contribution >= 0.6 is 0 Å². The number of rotatable bonds is 10. The quantitative estimate of drug-likeness (QED) is 0.412. The second kappa shape index (κ2) is 10.5. The first-order chi connectivity index (χ1) is 16.0. The van der Waals surface area contributed by atoms with Crippen LogP contribution in [-0.2, 0) is 16.4 Å². The molecule has 0 fully saturated rings. The Morgan fingerprint density at radius 1 is 1.00 bits per heavy atom. The number of hydrogen-bond donors (Lipinski definition) is 2. The van der Waals surface area contributed by atoms with Crippen molar-refractivity contribution in [1.82, 2.24) is 0 Å². The number of sulfonamides is 1. The number of hydrogen-bond acceptors (Lipinski definition) is 5. The van der Waals surface area contributed by atoms with E-state index >= 15 is 0 Å². The molecule has 3 rings (SSSR count). The van der Waals surface area contributed by atoms with E-state index in [-0.39, 0.29) is 17.9 Å². The Balaban J connectivity index is 1.98. The molecule has 0 aliphatic heterocycles. The zero-order valence-corrected chi connectivity index (χ0v) is 19.1. The summed E-state index contributed by atoms with van der Waals surface area (Å²) < 4.78 is 70.5. The van der Waals surface area contributed by atoms with Crippen LogP contribution in [0.5, 0.6) is 5.75 Å². The largest absolute Gasteiger partial charge is 0.435 e. The number of aliphatic hydroxyl groups is 1. The van der Waals surface area contributed by atoms with Crippen LogP contribution in [0.4, 0.5) is 18.9 Å². The second-order valence-electron chi connectivity index (χ2n) is 7.95. The van der Waals surface area contributed by atoms with E-state index in [9.17, 15) is 26.7 Å². The number of benzene rings is 3. The van der Waals surface area contributed by atoms with E-state index in [1.165, 1.54) is 60.7 Å². The molecule has 0 heterocycles. The van der Waals surface area contributed by atoms with Gasteiger partial charge in [-0.25, -0.2) is 17.1 Å². The van der Waals surface area contributed by atoms with Gasteiger partial charge in [-0.1, -0.05) is 42.5 Å². The van der Waals surface area contributed by atoms with Gasteiger partial charge in [0.05, 0.1) is 11.4 Å². The summed E-state index contributed by atoms with van der Waals surface area (Å²) in [7, 11) is -4.20. The lowest BCUT2D eigenvalue weighted by atomic mass is 9.93. The molecule has 0 saturated heterocycles. The van der Waals surface area contributed by atoms with Gasteiger partial charge in [0.1, 0.15) is 11.6 Å². The first-order valence-electron chi connectivity index (χ1n) is 10.3. The molecule has 0 aromatic heterocycles. The van der Waals surface area contributed by atoms with Gasteiger partial charge in [0, 0.05) is 5.92 Å². The van der Waals surface area contributed by atoms with Crippen molar-refractivity contribution in [1.29, 1.82) is 0 Å². The van der Waals surface area contributed by atoms with E-state index in [1.807, 2.05) is 0 Å². The first kappa shape index (κ1) is 25.5. The summed E-state index contributed by atoms with van der Waals surface area (Å²) in [5.41, 5.74) is 7.19. The van der Waals surface area contributed by atoms with Crippen LogP contribution in [0.25, 0.3) is 0 Å². The Morgan fingerprint density at radius 3 is 2.12 bits per heavy atom. The van der Waals surface area contributed by atoms with Gasteiger partial charge in [-0.15, -0.1) is 0 Å². The summed E-state index contributed by atoms with van der Waals surface area (Å²) in [6.07, 6.45) is 0.198. The van der Waals surface area contributed by atoms with Crippen LogP contribution in [0.3, 0.4) is 0 Å². The molecule has 3 N–H and O–H groups in total. The summed E-state index contributed by atoms with van der Waals surface area (Å²) in [6, 6.07) is 19.2. The molecule has 2 unspecified atom stereocenters. The number of alkyl halides is 2. The Bertz CT molecular complexity index is 1170. The molecule has 0 amide bonds. The Morgan fingerprint density at radius 2 is 1.59 bits per heavy atom. The van der Waals surface area contributed by atoms with Gasteiger partial charge in [0.25, 0.3) is 0 Å². The molecule has 10 heteroatoms. The van der Waals surface area contributed by atoms with Crippen molar-refractivity contribution in [2.75, 3.05) is 10.1 Å². The standard InChI is InChI=1S/C24H25F3N2O4S/c1-24(28,30)29(21-5-3-2-4-6-21)34(31,32)16-19(15-17-7-11-20(25)12-8-17)18-9-13-22(14-10-18)33-23(26)27/h2-14,19,23,30H,15-16,28H2,1H3. The van der Waals surface area contributed by atoms with Gasteiger partial charge < -0.3 is 9.84 Å². The Kier molecular flexibility index (Phi) is 7.86. The molecule has 3 aromatic carbocycles. The number of anilines is 1. The summed E-state index contributed by atoms with van der Waals surface area (Å²) in [4.78, 5) is 0. The van der Waals surface area contributed by atoms with Crippen molar-refractivity contribution in [2.24, 2.45) is 5.73 Å². The zero-order chi connectivity index (χ0) is 24.9. The normalized spacial score (nSPS) is 14.4. The lowest BCUT2D eigenvalue weighted by Crippen LogP contribution is -2.57. The Hall–Kier alpha value is -3.08. The molecule has 2 atom stereocenters. The van der Waals surface area contributed by atoms with Crippen molar-refractivity contribution in [2.45, 2.75) is 31.7 Å². The van der Waals surface area contributed by atoms with E-state index in [0.29, 0.717) is 11.1 Å². The van der Waals surface area contributed by atoms with E-state index in [2.05, 4.69) is 4.74 Å². The van der Waals surface area contributed by atoms with Gasteiger partial charge in [-0.2, -0.15) is 8.78 Å². The van der Waals surface area contributed by atoms with Crippen LogP contribution < -0.4 is 14.8 Å². The topological polar surface area (TPSA) is 92.9 Å². The molecule has 6 nitrogen and oxygen atoms in total. The molecule has 0 saturated carbocycles. The molecule has 0 aliphatic rings. The third-order valence-electron chi connectivity index (χ3n) is 5.06. The van der Waals surface area contributed by atoms with E-state index in [0.717, 1.165) is 11.2 Å². The predicted octanol–water partition coefficient (Wildman–Crippen LogP) is 4.21. The minimum Gasteiger partial charge on any atom is -0.435 e. The summed E-state index contributed by atoms with van der Waals surface area (Å²) in [5.74, 6) is -3.88. The molecule has 182 valence electrons. The lowest BCUT2D eigenvalue weighted by molar-refractivity contribution is -0.0498. The summed E-state index contributed by atoms with van der Waals surface area (Å²) >= 11 is 0. The highest BCUT2D eigenvalue weighted by Gasteiger charge is 2.37. The molecular formula is C24H25F3N2O4S. The van der Waals surface area contributed by atoms with Crippen molar-refractivity contribution in [3.05, 3.63) is 95.8 Å². The number of nitrogens with two attached hydrogens (primary N) is 1. The molecule has 3 aromatic rings. The summed E-state index contributed by atoms with van der Waals surface area (Å²) in [5, 5.41) is 10.5. The van der Waals surface area contributed by atoms with Crippen LogP contribution in [0, 0.1) is 5.82 Å². The van der Waals surface area contributed by atoms with Crippen LogP contribution in [0.1, 0.15) is 24.0 Å². The van der Waals surface area contributed by atoms with Crippen molar-refractivity contribution in [3.63, 3.8) is 0 Å². The molecular weight excluding hydrogens is 469 g/mol. The fourth-order valence-corrected chi connectivity index (χ4v) is 5.67. The Labute approximate surface area is 196 Å². The van der Waals surface area contributed by atoms with Crippen molar-refractivity contribution >= 4 is 15.7 Å². The maximum Gasteiger partial charge on any atom is 0.387 e. The van der Waals surface area contributed by atoms with Crippen molar-refractivity contribution in [3.8, 4) is 5.75 Å². The first-order valence-corrected chi connectivity index (χ1v) is 12.0. The highest BCUT2D eigenvalue weighted by atomic mass is 32.2. The highest BCUT2D eigenvalue weighted by molar-refractivity contribution is 7.92. The lowest BCUT2D eigenvalue weighted by Gasteiger charge is -2.35. The van der Waals surface area contributed by atoms with Gasteiger partial charge in [-0.05, 0) is 60.9 Å². The maximum atomic E-state index is 13.5. The fourth-order valence-electron chi connectivity index (χ4n) is 3.70. The van der Waals surface area contributed by atoms with E-state index in [4.69, 9.17) is 5.73 Å².